The summed E-state index contributed by atoms with van der Waals surface area (Å²) in [5.74, 6) is -0.0134. The smallest absolute Gasteiger partial charge is 0.226 e. The Kier molecular flexibility index (Phi) is 4.24. The molecule has 0 atom stereocenters. The second-order valence-corrected chi connectivity index (χ2v) is 5.99. The zero-order valence-electron chi connectivity index (χ0n) is 12.1. The number of ether oxygens (including phenoxy) is 2. The molecule has 1 aromatic carbocycles. The largest absolute Gasteiger partial charge is 0.346 e. The molecular weight excluding hydrogens is 268 g/mol. The lowest BCUT2D eigenvalue weighted by atomic mass is 9.94. The third-order valence-electron chi connectivity index (χ3n) is 4.20. The first kappa shape index (κ1) is 14.5. The standard InChI is InChI=1S/C16H22N2O3/c17-16(7-1-2-8-16)11-14(19)18-13-5-3-12(4-6-13)15-20-9-10-21-15/h3-6,15H,1-2,7-11,17H2,(H,18,19). The molecule has 1 aromatic rings. The normalized spacial score (nSPS) is 21.6. The lowest BCUT2D eigenvalue weighted by molar-refractivity contribution is -0.117. The van der Waals surface area contributed by atoms with Crippen molar-refractivity contribution in [2.24, 2.45) is 5.73 Å². The van der Waals surface area contributed by atoms with Crippen molar-refractivity contribution in [1.29, 1.82) is 0 Å². The molecule has 1 aliphatic heterocycles. The van der Waals surface area contributed by atoms with Crippen LogP contribution in [0.4, 0.5) is 5.69 Å². The predicted molar refractivity (Wildman–Crippen MR) is 79.7 cm³/mol. The van der Waals surface area contributed by atoms with Gasteiger partial charge in [0.25, 0.3) is 0 Å². The van der Waals surface area contributed by atoms with Gasteiger partial charge in [-0.15, -0.1) is 0 Å². The van der Waals surface area contributed by atoms with Crippen LogP contribution >= 0.6 is 0 Å². The third-order valence-corrected chi connectivity index (χ3v) is 4.20. The first-order valence-corrected chi connectivity index (χ1v) is 7.57. The number of anilines is 1. The molecule has 114 valence electrons. The van der Waals surface area contributed by atoms with Crippen LogP contribution in [0.3, 0.4) is 0 Å². The van der Waals surface area contributed by atoms with Gasteiger partial charge in [0.15, 0.2) is 6.29 Å². The van der Waals surface area contributed by atoms with Crippen molar-refractivity contribution in [3.63, 3.8) is 0 Å². The summed E-state index contributed by atoms with van der Waals surface area (Å²) < 4.78 is 10.9. The molecule has 2 aliphatic rings. The monoisotopic (exact) mass is 290 g/mol. The molecule has 0 aromatic heterocycles. The number of rotatable bonds is 4. The number of nitrogens with two attached hydrogens (primary N) is 1. The Morgan fingerprint density at radius 3 is 2.43 bits per heavy atom. The Balaban J connectivity index is 1.55. The van der Waals surface area contributed by atoms with Crippen LogP contribution in [0.1, 0.15) is 44.0 Å². The van der Waals surface area contributed by atoms with Gasteiger partial charge in [-0.1, -0.05) is 25.0 Å². The van der Waals surface area contributed by atoms with Crippen LogP contribution in [0.15, 0.2) is 24.3 Å². The summed E-state index contributed by atoms with van der Waals surface area (Å²) in [6, 6.07) is 7.57. The Labute approximate surface area is 124 Å². The maximum Gasteiger partial charge on any atom is 0.226 e. The van der Waals surface area contributed by atoms with E-state index >= 15 is 0 Å². The van der Waals surface area contributed by atoms with Gasteiger partial charge < -0.3 is 20.5 Å². The molecule has 1 aliphatic carbocycles. The zero-order valence-corrected chi connectivity index (χ0v) is 12.1. The van der Waals surface area contributed by atoms with Crippen LogP contribution in [-0.2, 0) is 14.3 Å². The van der Waals surface area contributed by atoms with Crippen LogP contribution in [0.5, 0.6) is 0 Å². The Morgan fingerprint density at radius 1 is 1.19 bits per heavy atom. The molecule has 21 heavy (non-hydrogen) atoms. The van der Waals surface area contributed by atoms with Gasteiger partial charge in [0.1, 0.15) is 0 Å². The van der Waals surface area contributed by atoms with Gasteiger partial charge in [-0.05, 0) is 25.0 Å². The van der Waals surface area contributed by atoms with E-state index in [1.54, 1.807) is 0 Å². The number of nitrogens with one attached hydrogen (secondary N) is 1. The summed E-state index contributed by atoms with van der Waals surface area (Å²) in [6.45, 7) is 1.25. The van der Waals surface area contributed by atoms with Crippen molar-refractivity contribution in [1.82, 2.24) is 0 Å². The summed E-state index contributed by atoms with van der Waals surface area (Å²) in [7, 11) is 0. The van der Waals surface area contributed by atoms with E-state index in [-0.39, 0.29) is 17.7 Å². The number of carbonyl (C=O) groups excluding carboxylic acids is 1. The van der Waals surface area contributed by atoms with Crippen molar-refractivity contribution in [2.75, 3.05) is 18.5 Å². The SMILES string of the molecule is NC1(CC(=O)Nc2ccc(C3OCCO3)cc2)CCCC1. The van der Waals surface area contributed by atoms with Gasteiger partial charge in [0.05, 0.1) is 13.2 Å². The molecule has 1 saturated heterocycles. The number of carbonyl (C=O) groups is 1. The fourth-order valence-electron chi connectivity index (χ4n) is 3.06. The minimum atomic E-state index is -0.310. The molecule has 0 spiro atoms. The van der Waals surface area contributed by atoms with E-state index in [0.717, 1.165) is 36.9 Å². The second-order valence-electron chi connectivity index (χ2n) is 5.99. The molecule has 5 nitrogen and oxygen atoms in total. The van der Waals surface area contributed by atoms with Crippen molar-refractivity contribution in [2.45, 2.75) is 43.9 Å². The van der Waals surface area contributed by atoms with Crippen molar-refractivity contribution < 1.29 is 14.3 Å². The Hall–Kier alpha value is -1.43. The topological polar surface area (TPSA) is 73.6 Å². The molecule has 1 amide bonds. The van der Waals surface area contributed by atoms with Crippen LogP contribution < -0.4 is 11.1 Å². The Morgan fingerprint density at radius 2 is 1.81 bits per heavy atom. The fourth-order valence-corrected chi connectivity index (χ4v) is 3.06. The van der Waals surface area contributed by atoms with E-state index < -0.39 is 0 Å². The number of benzene rings is 1. The minimum Gasteiger partial charge on any atom is -0.346 e. The molecule has 0 radical (unpaired) electrons. The molecule has 2 fully saturated rings. The van der Waals surface area contributed by atoms with Crippen molar-refractivity contribution in [3.05, 3.63) is 29.8 Å². The number of hydrogen-bond donors (Lipinski definition) is 2. The Bertz CT molecular complexity index is 489. The quantitative estimate of drug-likeness (QED) is 0.892. The van der Waals surface area contributed by atoms with E-state index in [0.29, 0.717) is 19.6 Å². The van der Waals surface area contributed by atoms with Crippen LogP contribution in [-0.4, -0.2) is 24.7 Å². The van der Waals surface area contributed by atoms with Gasteiger partial charge in [-0.3, -0.25) is 4.79 Å². The lowest BCUT2D eigenvalue weighted by Gasteiger charge is -2.22. The first-order valence-electron chi connectivity index (χ1n) is 7.57. The van der Waals surface area contributed by atoms with E-state index in [1.807, 2.05) is 24.3 Å². The zero-order chi connectivity index (χ0) is 14.7. The van der Waals surface area contributed by atoms with E-state index in [1.165, 1.54) is 0 Å². The molecule has 0 bridgehead atoms. The van der Waals surface area contributed by atoms with Gasteiger partial charge in [-0.2, -0.15) is 0 Å². The van der Waals surface area contributed by atoms with Gasteiger partial charge in [0.2, 0.25) is 5.91 Å². The molecular formula is C16H22N2O3. The van der Waals surface area contributed by atoms with Crippen LogP contribution in [0.25, 0.3) is 0 Å². The molecule has 3 rings (SSSR count). The summed E-state index contributed by atoms with van der Waals surface area (Å²) in [5.41, 5.74) is 7.67. The van der Waals surface area contributed by atoms with Crippen molar-refractivity contribution in [3.8, 4) is 0 Å². The molecule has 5 heteroatoms. The highest BCUT2D eigenvalue weighted by molar-refractivity contribution is 5.91. The summed E-state index contributed by atoms with van der Waals surface area (Å²) >= 11 is 0. The average Bonchev–Trinajstić information content (AvgIpc) is 3.11. The summed E-state index contributed by atoms with van der Waals surface area (Å²) in [4.78, 5) is 12.1. The summed E-state index contributed by atoms with van der Waals surface area (Å²) in [5, 5.41) is 2.91. The minimum absolute atomic E-state index is 0.0134. The number of amides is 1. The van der Waals surface area contributed by atoms with Gasteiger partial charge in [-0.25, -0.2) is 0 Å². The fraction of sp³-hybridized carbons (Fsp3) is 0.562. The average molecular weight is 290 g/mol. The maximum absolute atomic E-state index is 12.1. The third kappa shape index (κ3) is 3.61. The highest BCUT2D eigenvalue weighted by Gasteiger charge is 2.31. The predicted octanol–water partition coefficient (Wildman–Crippen LogP) is 2.33. The lowest BCUT2D eigenvalue weighted by Crippen LogP contribution is -2.40. The maximum atomic E-state index is 12.1. The van der Waals surface area contributed by atoms with Gasteiger partial charge >= 0.3 is 0 Å². The van der Waals surface area contributed by atoms with Gasteiger partial charge in [0, 0.05) is 23.2 Å². The second kappa shape index (κ2) is 6.13. The number of hydrogen-bond acceptors (Lipinski definition) is 4. The van der Waals surface area contributed by atoms with Crippen LogP contribution in [0, 0.1) is 0 Å². The molecule has 3 N–H and O–H groups in total. The van der Waals surface area contributed by atoms with E-state index in [2.05, 4.69) is 5.32 Å². The molecule has 0 unspecified atom stereocenters. The van der Waals surface area contributed by atoms with Crippen molar-refractivity contribution >= 4 is 11.6 Å². The first-order chi connectivity index (χ1) is 10.1. The van der Waals surface area contributed by atoms with E-state index in [4.69, 9.17) is 15.2 Å². The highest BCUT2D eigenvalue weighted by Crippen LogP contribution is 2.30. The highest BCUT2D eigenvalue weighted by atomic mass is 16.7. The van der Waals surface area contributed by atoms with Crippen LogP contribution in [0.2, 0.25) is 0 Å². The summed E-state index contributed by atoms with van der Waals surface area (Å²) in [6.07, 6.45) is 4.25. The molecule has 1 heterocycles. The van der Waals surface area contributed by atoms with E-state index in [9.17, 15) is 4.79 Å². The molecule has 1 saturated carbocycles.